The van der Waals surface area contributed by atoms with E-state index in [-0.39, 0.29) is 0 Å². The van der Waals surface area contributed by atoms with E-state index < -0.39 is 0 Å². The van der Waals surface area contributed by atoms with Gasteiger partial charge in [-0.15, -0.1) is 0 Å². The number of hydrogen-bond acceptors (Lipinski definition) is 0. The summed E-state index contributed by atoms with van der Waals surface area (Å²) in [5.41, 5.74) is 0.441. The molecule has 54 valence electrons. The average Bonchev–Trinajstić information content (AvgIpc) is 1.59. The van der Waals surface area contributed by atoms with Crippen molar-refractivity contribution in [2.24, 2.45) is 5.41 Å². The van der Waals surface area contributed by atoms with Crippen LogP contribution in [0.4, 0.5) is 0 Å². The lowest BCUT2D eigenvalue weighted by Crippen LogP contribution is -2.03. The first-order valence-corrected chi connectivity index (χ1v) is 4.04. The fraction of sp³-hybridized carbons (Fsp3) is 0.750. The Morgan fingerprint density at radius 3 is 2.00 bits per heavy atom. The van der Waals surface area contributed by atoms with Crippen molar-refractivity contribution in [2.75, 3.05) is 0 Å². The van der Waals surface area contributed by atoms with Crippen molar-refractivity contribution >= 4 is 15.9 Å². The topological polar surface area (TPSA) is 0 Å². The maximum Gasteiger partial charge on any atom is -0.0121 e. The molecule has 0 heterocycles. The summed E-state index contributed by atoms with van der Waals surface area (Å²) in [7, 11) is 0. The first-order chi connectivity index (χ1) is 3.92. The molecule has 1 heteroatoms. The fourth-order valence-electron chi connectivity index (χ4n) is 0.511. The van der Waals surface area contributed by atoms with Gasteiger partial charge in [0.15, 0.2) is 0 Å². The molecule has 0 unspecified atom stereocenters. The molecule has 0 aliphatic carbocycles. The lowest BCUT2D eigenvalue weighted by Gasteiger charge is -2.16. The molecule has 0 aliphatic heterocycles. The molecule has 0 bridgehead atoms. The molecule has 9 heavy (non-hydrogen) atoms. The monoisotopic (exact) mass is 190 g/mol. The molecular formula is C8H15Br. The van der Waals surface area contributed by atoms with Crippen molar-refractivity contribution < 1.29 is 0 Å². The zero-order valence-electron chi connectivity index (χ0n) is 6.50. The van der Waals surface area contributed by atoms with Gasteiger partial charge in [-0.2, -0.15) is 0 Å². The quantitative estimate of drug-likeness (QED) is 0.623. The van der Waals surface area contributed by atoms with Crippen LogP contribution in [0.15, 0.2) is 11.1 Å². The number of rotatable bonds is 2. The molecule has 0 radical (unpaired) electrons. The minimum Gasteiger partial charge on any atom is -0.0889 e. The molecule has 0 aromatic heterocycles. The Balaban J connectivity index is 3.39. The lowest BCUT2D eigenvalue weighted by atomic mass is 9.91. The fourth-order valence-corrected chi connectivity index (χ4v) is 0.709. The molecule has 0 fully saturated rings. The summed E-state index contributed by atoms with van der Waals surface area (Å²) in [5.74, 6) is 0. The Hall–Kier alpha value is 0.220. The molecule has 0 spiro atoms. The van der Waals surface area contributed by atoms with Crippen LogP contribution in [0, 0.1) is 5.41 Å². The highest BCUT2D eigenvalue weighted by Gasteiger charge is 2.08. The smallest absolute Gasteiger partial charge is 0.0121 e. The van der Waals surface area contributed by atoms with Crippen LogP contribution in [0.25, 0.3) is 0 Å². The van der Waals surface area contributed by atoms with Gasteiger partial charge in [0.1, 0.15) is 0 Å². The second-order valence-corrected chi connectivity index (χ2v) is 4.70. The minimum absolute atomic E-state index is 0.441. The van der Waals surface area contributed by atoms with Crippen molar-refractivity contribution in [3.63, 3.8) is 0 Å². The van der Waals surface area contributed by atoms with Gasteiger partial charge < -0.3 is 0 Å². The summed E-state index contributed by atoms with van der Waals surface area (Å²) in [6.07, 6.45) is 2.29. The van der Waals surface area contributed by atoms with E-state index in [1.807, 2.05) is 0 Å². The van der Waals surface area contributed by atoms with Crippen LogP contribution in [0.5, 0.6) is 0 Å². The highest BCUT2D eigenvalue weighted by atomic mass is 79.9. The standard InChI is InChI=1S/C8H15Br/c1-7(9)5-6-8(2,3)4/h1,5-6H2,2-4H3. The van der Waals surface area contributed by atoms with Gasteiger partial charge in [-0.3, -0.25) is 0 Å². The summed E-state index contributed by atoms with van der Waals surface area (Å²) in [6.45, 7) is 10.5. The Labute approximate surface area is 66.5 Å². The highest BCUT2D eigenvalue weighted by molar-refractivity contribution is 9.11. The van der Waals surface area contributed by atoms with Crippen LogP contribution in [0.3, 0.4) is 0 Å². The van der Waals surface area contributed by atoms with E-state index in [1.54, 1.807) is 0 Å². The van der Waals surface area contributed by atoms with Crippen molar-refractivity contribution in [3.8, 4) is 0 Å². The molecule has 0 aromatic carbocycles. The zero-order valence-corrected chi connectivity index (χ0v) is 8.09. The van der Waals surface area contributed by atoms with E-state index >= 15 is 0 Å². The summed E-state index contributed by atoms with van der Waals surface area (Å²) in [5, 5.41) is 0. The molecule has 0 aromatic rings. The number of allylic oxidation sites excluding steroid dienone is 1. The summed E-state index contributed by atoms with van der Waals surface area (Å²) in [6, 6.07) is 0. The van der Waals surface area contributed by atoms with Crippen LogP contribution in [0.2, 0.25) is 0 Å². The molecule has 0 atom stereocenters. The largest absolute Gasteiger partial charge is 0.0889 e. The van der Waals surface area contributed by atoms with E-state index in [4.69, 9.17) is 0 Å². The Morgan fingerprint density at radius 2 is 1.89 bits per heavy atom. The van der Waals surface area contributed by atoms with Gasteiger partial charge in [0.05, 0.1) is 0 Å². The van der Waals surface area contributed by atoms with Gasteiger partial charge in [0, 0.05) is 0 Å². The Morgan fingerprint density at radius 1 is 1.44 bits per heavy atom. The predicted molar refractivity (Wildman–Crippen MR) is 46.8 cm³/mol. The zero-order chi connectivity index (χ0) is 7.49. The second-order valence-electron chi connectivity index (χ2n) is 3.58. The summed E-state index contributed by atoms with van der Waals surface area (Å²) in [4.78, 5) is 0. The third kappa shape index (κ3) is 8.22. The lowest BCUT2D eigenvalue weighted by molar-refractivity contribution is 0.381. The molecule has 0 rings (SSSR count). The van der Waals surface area contributed by atoms with Gasteiger partial charge in [-0.25, -0.2) is 0 Å². The van der Waals surface area contributed by atoms with E-state index in [9.17, 15) is 0 Å². The van der Waals surface area contributed by atoms with E-state index in [0.717, 1.165) is 10.9 Å². The van der Waals surface area contributed by atoms with Gasteiger partial charge in [0.2, 0.25) is 0 Å². The molecule has 0 aliphatic rings. The third-order valence-corrected chi connectivity index (χ3v) is 1.54. The van der Waals surface area contributed by atoms with Crippen LogP contribution >= 0.6 is 15.9 Å². The van der Waals surface area contributed by atoms with Gasteiger partial charge in [0.25, 0.3) is 0 Å². The van der Waals surface area contributed by atoms with Crippen LogP contribution < -0.4 is 0 Å². The maximum atomic E-state index is 3.77. The molecule has 0 saturated carbocycles. The molecule has 0 N–H and O–H groups in total. The third-order valence-electron chi connectivity index (χ3n) is 1.15. The maximum absolute atomic E-state index is 3.77. The van der Waals surface area contributed by atoms with Gasteiger partial charge in [-0.05, 0) is 22.7 Å². The average molecular weight is 191 g/mol. The Kier molecular flexibility index (Phi) is 3.49. The minimum atomic E-state index is 0.441. The van der Waals surface area contributed by atoms with E-state index in [2.05, 4.69) is 43.3 Å². The van der Waals surface area contributed by atoms with E-state index in [1.165, 1.54) is 6.42 Å². The van der Waals surface area contributed by atoms with Crippen molar-refractivity contribution in [2.45, 2.75) is 33.6 Å². The molecule has 0 amide bonds. The van der Waals surface area contributed by atoms with Crippen LogP contribution in [0.1, 0.15) is 33.6 Å². The second kappa shape index (κ2) is 3.40. The number of halogens is 1. The van der Waals surface area contributed by atoms with Crippen LogP contribution in [-0.2, 0) is 0 Å². The van der Waals surface area contributed by atoms with E-state index in [0.29, 0.717) is 5.41 Å². The van der Waals surface area contributed by atoms with Crippen molar-refractivity contribution in [1.29, 1.82) is 0 Å². The SMILES string of the molecule is C=C(Br)CCC(C)(C)C. The molecule has 0 nitrogen and oxygen atoms in total. The predicted octanol–water partition coefficient (Wildman–Crippen LogP) is 3.72. The normalized spacial score (nSPS) is 11.6. The first kappa shape index (κ1) is 9.22. The summed E-state index contributed by atoms with van der Waals surface area (Å²) < 4.78 is 1.11. The molecule has 0 saturated heterocycles. The first-order valence-electron chi connectivity index (χ1n) is 3.25. The number of hydrogen-bond donors (Lipinski definition) is 0. The van der Waals surface area contributed by atoms with Crippen molar-refractivity contribution in [1.82, 2.24) is 0 Å². The Bertz CT molecular complexity index is 97.6. The van der Waals surface area contributed by atoms with Crippen LogP contribution in [-0.4, -0.2) is 0 Å². The van der Waals surface area contributed by atoms with Gasteiger partial charge in [-0.1, -0.05) is 43.3 Å². The molecular weight excluding hydrogens is 176 g/mol. The summed E-state index contributed by atoms with van der Waals surface area (Å²) >= 11 is 3.33. The van der Waals surface area contributed by atoms with Gasteiger partial charge >= 0.3 is 0 Å². The van der Waals surface area contributed by atoms with Crippen molar-refractivity contribution in [3.05, 3.63) is 11.1 Å². The highest BCUT2D eigenvalue weighted by Crippen LogP contribution is 2.24.